The minimum atomic E-state index is -4.59. The van der Waals surface area contributed by atoms with Crippen LogP contribution in [0.25, 0.3) is 0 Å². The Labute approximate surface area is 191 Å². The predicted octanol–water partition coefficient (Wildman–Crippen LogP) is 3.14. The van der Waals surface area contributed by atoms with Crippen LogP contribution < -0.4 is 10.2 Å². The van der Waals surface area contributed by atoms with Gasteiger partial charge in [0.15, 0.2) is 0 Å². The Morgan fingerprint density at radius 3 is 2.21 bits per heavy atom. The first-order valence-corrected chi connectivity index (χ1v) is 10.9. The molecule has 3 heterocycles. The summed E-state index contributed by atoms with van der Waals surface area (Å²) in [7, 11) is 0. The maximum Gasteiger partial charge on any atom is 0.419 e. The van der Waals surface area contributed by atoms with Crippen LogP contribution in [-0.2, 0) is 15.8 Å². The predicted molar refractivity (Wildman–Crippen MR) is 107 cm³/mol. The van der Waals surface area contributed by atoms with Crippen molar-refractivity contribution in [2.45, 2.75) is 38.0 Å². The third-order valence-corrected chi connectivity index (χ3v) is 6.57. The van der Waals surface area contributed by atoms with E-state index >= 15 is 0 Å². The second kappa shape index (κ2) is 9.06. The maximum absolute atomic E-state index is 13.0. The Bertz CT molecular complexity index is 948. The molecule has 13 heteroatoms. The zero-order valence-corrected chi connectivity index (χ0v) is 18.0. The molecule has 2 amide bonds. The lowest BCUT2D eigenvalue weighted by molar-refractivity contribution is -0.183. The van der Waals surface area contributed by atoms with E-state index in [4.69, 9.17) is 0 Å². The van der Waals surface area contributed by atoms with Crippen molar-refractivity contribution in [1.82, 2.24) is 20.2 Å². The third kappa shape index (κ3) is 5.27. The van der Waals surface area contributed by atoms with Crippen molar-refractivity contribution in [3.05, 3.63) is 29.7 Å². The zero-order chi connectivity index (χ0) is 24.7. The molecule has 3 aliphatic rings. The van der Waals surface area contributed by atoms with Crippen molar-refractivity contribution in [2.75, 3.05) is 31.1 Å². The van der Waals surface area contributed by atoms with Crippen LogP contribution >= 0.6 is 0 Å². The Hall–Kier alpha value is -2.86. The molecule has 2 fully saturated rings. The van der Waals surface area contributed by atoms with Crippen LogP contribution in [0.5, 0.6) is 0 Å². The summed E-state index contributed by atoms with van der Waals surface area (Å²) in [5, 5.41) is 2.19. The molecule has 0 spiro atoms. The lowest BCUT2D eigenvalue weighted by Gasteiger charge is -2.41. The summed E-state index contributed by atoms with van der Waals surface area (Å²) < 4.78 is 76.9. The normalized spacial score (nSPS) is 26.0. The summed E-state index contributed by atoms with van der Waals surface area (Å²) in [6.07, 6.45) is -5.07. The summed E-state index contributed by atoms with van der Waals surface area (Å²) in [5.74, 6) is -3.03. The molecule has 34 heavy (non-hydrogen) atoms. The highest BCUT2D eigenvalue weighted by Crippen LogP contribution is 2.42. The van der Waals surface area contributed by atoms with E-state index in [9.17, 15) is 35.9 Å². The second-order valence-electron chi connectivity index (χ2n) is 8.93. The molecule has 1 atom stereocenters. The molecule has 0 aromatic carbocycles. The molecule has 1 aliphatic carbocycles. The molecule has 186 valence electrons. The van der Waals surface area contributed by atoms with Gasteiger partial charge in [-0.25, -0.2) is 9.97 Å². The lowest BCUT2D eigenvalue weighted by Crippen LogP contribution is -2.52. The Kier molecular flexibility index (Phi) is 6.47. The number of halogens is 6. The fourth-order valence-electron chi connectivity index (χ4n) is 4.58. The monoisotopic (exact) mass is 491 g/mol. The van der Waals surface area contributed by atoms with E-state index in [0.29, 0.717) is 51.0 Å². The second-order valence-corrected chi connectivity index (χ2v) is 8.93. The number of carbonyl (C=O) groups excluding carboxylic acids is 2. The van der Waals surface area contributed by atoms with Gasteiger partial charge in [0, 0.05) is 50.7 Å². The minimum absolute atomic E-state index is 0.0247. The van der Waals surface area contributed by atoms with Gasteiger partial charge >= 0.3 is 12.4 Å². The molecule has 4 rings (SSSR count). The number of aromatic nitrogens is 2. The van der Waals surface area contributed by atoms with E-state index in [1.807, 2.05) is 0 Å². The molecule has 0 radical (unpaired) electrons. The molecule has 1 saturated heterocycles. The van der Waals surface area contributed by atoms with Gasteiger partial charge in [0.05, 0.1) is 5.56 Å². The number of nitrogens with one attached hydrogen (secondary N) is 1. The first kappa shape index (κ1) is 24.3. The van der Waals surface area contributed by atoms with E-state index in [2.05, 4.69) is 15.3 Å². The summed E-state index contributed by atoms with van der Waals surface area (Å²) in [5.41, 5.74) is -0.395. The maximum atomic E-state index is 13.0. The average molecular weight is 491 g/mol. The smallest absolute Gasteiger partial charge is 0.339 e. The summed E-state index contributed by atoms with van der Waals surface area (Å²) in [6, 6.07) is 0. The van der Waals surface area contributed by atoms with E-state index in [1.54, 1.807) is 9.80 Å². The Morgan fingerprint density at radius 1 is 1.03 bits per heavy atom. The number of anilines is 1. The van der Waals surface area contributed by atoms with Gasteiger partial charge in [-0.2, -0.15) is 26.3 Å². The molecule has 1 aromatic heterocycles. The van der Waals surface area contributed by atoms with Crippen LogP contribution in [0.2, 0.25) is 0 Å². The quantitative estimate of drug-likeness (QED) is 0.655. The topological polar surface area (TPSA) is 78.4 Å². The van der Waals surface area contributed by atoms with E-state index in [0.717, 1.165) is 12.4 Å². The molecule has 1 N–H and O–H groups in total. The molecule has 2 aliphatic heterocycles. The molecular formula is C21H23F6N5O2. The molecule has 7 nitrogen and oxygen atoms in total. The van der Waals surface area contributed by atoms with Gasteiger partial charge in [0.2, 0.25) is 17.8 Å². The SMILES string of the molecule is O=C1NC=C(CC2CC(C(=O)N3CCN(c4ncc(C(F)(F)F)cn4)CC3)C2)CC1C(F)(F)F. The molecule has 1 unspecified atom stereocenters. The van der Waals surface area contributed by atoms with Crippen LogP contribution in [-0.4, -0.2) is 59.0 Å². The van der Waals surface area contributed by atoms with Crippen molar-refractivity contribution in [3.8, 4) is 0 Å². The van der Waals surface area contributed by atoms with Crippen molar-refractivity contribution in [1.29, 1.82) is 0 Å². The molecule has 1 aromatic rings. The van der Waals surface area contributed by atoms with Gasteiger partial charge in [0.25, 0.3) is 0 Å². The number of hydrogen-bond donors (Lipinski definition) is 1. The van der Waals surface area contributed by atoms with E-state index < -0.39 is 29.7 Å². The fraction of sp³-hybridized carbons (Fsp3) is 0.619. The standard InChI is InChI=1S/C21H23F6N5O2/c22-20(23,24)15-10-29-19(30-11-15)32-3-1-31(2-4-32)18(34)14-6-12(7-14)5-13-8-16(21(25,26)27)17(33)28-9-13/h9-12,14,16H,1-8H2,(H,28,33). The van der Waals surface area contributed by atoms with Crippen LogP contribution in [0.3, 0.4) is 0 Å². The van der Waals surface area contributed by atoms with Crippen LogP contribution in [0.15, 0.2) is 24.2 Å². The van der Waals surface area contributed by atoms with Gasteiger partial charge in [-0.15, -0.1) is 0 Å². The first-order chi connectivity index (χ1) is 15.9. The fourth-order valence-corrected chi connectivity index (χ4v) is 4.58. The van der Waals surface area contributed by atoms with Gasteiger partial charge in [-0.05, 0) is 31.6 Å². The number of rotatable bonds is 4. The average Bonchev–Trinajstić information content (AvgIpc) is 2.75. The highest BCUT2D eigenvalue weighted by atomic mass is 19.4. The number of allylic oxidation sites excluding steroid dienone is 1. The van der Waals surface area contributed by atoms with Crippen molar-refractivity contribution < 1.29 is 35.9 Å². The van der Waals surface area contributed by atoms with Crippen molar-refractivity contribution in [3.63, 3.8) is 0 Å². The minimum Gasteiger partial charge on any atom is -0.339 e. The first-order valence-electron chi connectivity index (χ1n) is 10.9. The molecular weight excluding hydrogens is 468 g/mol. The van der Waals surface area contributed by atoms with Gasteiger partial charge in [-0.3, -0.25) is 9.59 Å². The van der Waals surface area contributed by atoms with Crippen molar-refractivity contribution >= 4 is 17.8 Å². The van der Waals surface area contributed by atoms with Crippen LogP contribution in [0.4, 0.5) is 32.3 Å². The van der Waals surface area contributed by atoms with Crippen molar-refractivity contribution in [2.24, 2.45) is 17.8 Å². The van der Waals surface area contributed by atoms with E-state index in [-0.39, 0.29) is 30.1 Å². The van der Waals surface area contributed by atoms with Crippen LogP contribution in [0.1, 0.15) is 31.2 Å². The highest BCUT2D eigenvalue weighted by Gasteiger charge is 2.47. The van der Waals surface area contributed by atoms with Gasteiger partial charge < -0.3 is 15.1 Å². The number of hydrogen-bond acceptors (Lipinski definition) is 5. The number of amides is 2. The van der Waals surface area contributed by atoms with Gasteiger partial charge in [0.1, 0.15) is 5.92 Å². The zero-order valence-electron chi connectivity index (χ0n) is 18.0. The number of carbonyl (C=O) groups is 2. The third-order valence-electron chi connectivity index (χ3n) is 6.57. The Morgan fingerprint density at radius 2 is 1.65 bits per heavy atom. The number of piperazine rings is 1. The van der Waals surface area contributed by atoms with E-state index in [1.165, 1.54) is 6.20 Å². The Balaban J connectivity index is 1.22. The number of nitrogens with zero attached hydrogens (tertiary/aromatic N) is 4. The summed E-state index contributed by atoms with van der Waals surface area (Å²) in [6.45, 7) is 1.54. The number of alkyl halides is 6. The summed E-state index contributed by atoms with van der Waals surface area (Å²) >= 11 is 0. The molecule has 0 bridgehead atoms. The lowest BCUT2D eigenvalue weighted by atomic mass is 9.70. The summed E-state index contributed by atoms with van der Waals surface area (Å²) in [4.78, 5) is 35.2. The highest BCUT2D eigenvalue weighted by molar-refractivity contribution is 5.82. The largest absolute Gasteiger partial charge is 0.419 e. The van der Waals surface area contributed by atoms with Gasteiger partial charge in [-0.1, -0.05) is 5.57 Å². The molecule has 1 saturated carbocycles. The van der Waals surface area contributed by atoms with Crippen LogP contribution in [0, 0.1) is 17.8 Å².